The molecule has 2 rings (SSSR count). The zero-order chi connectivity index (χ0) is 11.5. The molecule has 0 saturated carbocycles. The minimum atomic E-state index is -0.677. The summed E-state index contributed by atoms with van der Waals surface area (Å²) in [5, 5.41) is 0.565. The molecule has 0 fully saturated rings. The second kappa shape index (κ2) is 4.32. The summed E-state index contributed by atoms with van der Waals surface area (Å²) >= 11 is 5.70. The Kier molecular flexibility index (Phi) is 2.87. The van der Waals surface area contributed by atoms with Crippen LogP contribution in [0.5, 0.6) is 11.6 Å². The number of rotatable bonds is 2. The zero-order valence-electron chi connectivity index (χ0n) is 8.02. The normalized spacial score (nSPS) is 10.1. The van der Waals surface area contributed by atoms with Gasteiger partial charge in [-0.1, -0.05) is 11.6 Å². The molecule has 4 nitrogen and oxygen atoms in total. The molecule has 0 unspecified atom stereocenters. The summed E-state index contributed by atoms with van der Waals surface area (Å²) in [4.78, 5) is 7.11. The number of nitrogens with zero attached hydrogens (tertiary/aromatic N) is 2. The number of aromatic nitrogens is 2. The summed E-state index contributed by atoms with van der Waals surface area (Å²) in [5.74, 6) is -0.522. The number of halogens is 2. The molecule has 0 atom stereocenters. The second-order valence-electron chi connectivity index (χ2n) is 2.94. The van der Waals surface area contributed by atoms with Crippen molar-refractivity contribution in [2.24, 2.45) is 0 Å². The topological polar surface area (TPSA) is 61.0 Å². The van der Waals surface area contributed by atoms with Crippen molar-refractivity contribution in [3.8, 4) is 11.6 Å². The molecule has 16 heavy (non-hydrogen) atoms. The quantitative estimate of drug-likeness (QED) is 0.875. The van der Waals surface area contributed by atoms with Crippen molar-refractivity contribution in [2.45, 2.75) is 0 Å². The van der Waals surface area contributed by atoms with Crippen molar-refractivity contribution < 1.29 is 9.13 Å². The highest BCUT2D eigenvalue weighted by Crippen LogP contribution is 2.23. The van der Waals surface area contributed by atoms with Crippen molar-refractivity contribution in [3.63, 3.8) is 0 Å². The molecule has 0 bridgehead atoms. The Balaban J connectivity index is 2.26. The molecule has 0 aliphatic heterocycles. The van der Waals surface area contributed by atoms with E-state index in [1.54, 1.807) is 24.3 Å². The van der Waals surface area contributed by atoms with Gasteiger partial charge in [0.1, 0.15) is 5.75 Å². The molecule has 82 valence electrons. The van der Waals surface area contributed by atoms with Gasteiger partial charge in [-0.2, -0.15) is 9.37 Å². The maximum atomic E-state index is 13.2. The Morgan fingerprint density at radius 3 is 2.62 bits per heavy atom. The van der Waals surface area contributed by atoms with E-state index in [9.17, 15) is 4.39 Å². The van der Waals surface area contributed by atoms with E-state index in [0.717, 1.165) is 6.20 Å². The number of nitrogens with two attached hydrogens (primary N) is 1. The Morgan fingerprint density at radius 2 is 1.94 bits per heavy atom. The van der Waals surface area contributed by atoms with Crippen molar-refractivity contribution in [1.82, 2.24) is 9.97 Å². The van der Waals surface area contributed by atoms with Gasteiger partial charge < -0.3 is 10.5 Å². The van der Waals surface area contributed by atoms with Gasteiger partial charge in [-0.15, -0.1) is 0 Å². The first-order valence-electron chi connectivity index (χ1n) is 4.36. The van der Waals surface area contributed by atoms with Crippen LogP contribution in [0.3, 0.4) is 0 Å². The minimum Gasteiger partial charge on any atom is -0.436 e. The molecule has 0 saturated heterocycles. The molecule has 2 N–H and O–H groups in total. The lowest BCUT2D eigenvalue weighted by atomic mass is 10.3. The van der Waals surface area contributed by atoms with Crippen LogP contribution in [-0.4, -0.2) is 9.97 Å². The SMILES string of the molecule is Nc1ncc(F)c(Oc2ccc(Cl)cc2)n1. The van der Waals surface area contributed by atoms with Gasteiger partial charge in [0.25, 0.3) is 5.88 Å². The van der Waals surface area contributed by atoms with E-state index < -0.39 is 5.82 Å². The van der Waals surface area contributed by atoms with E-state index in [0.29, 0.717) is 10.8 Å². The van der Waals surface area contributed by atoms with Crippen LogP contribution in [0.1, 0.15) is 0 Å². The fourth-order valence-corrected chi connectivity index (χ4v) is 1.18. The molecule has 0 spiro atoms. The first kappa shape index (κ1) is 10.6. The van der Waals surface area contributed by atoms with Crippen molar-refractivity contribution in [2.75, 3.05) is 5.73 Å². The standard InChI is InChI=1S/C10H7ClFN3O/c11-6-1-3-7(4-2-6)16-9-8(12)5-14-10(13)15-9/h1-5H,(H2,13,14,15). The first-order valence-corrected chi connectivity index (χ1v) is 4.74. The average molecular weight is 240 g/mol. The highest BCUT2D eigenvalue weighted by molar-refractivity contribution is 6.30. The van der Waals surface area contributed by atoms with Gasteiger partial charge >= 0.3 is 0 Å². The van der Waals surface area contributed by atoms with Crippen LogP contribution >= 0.6 is 11.6 Å². The van der Waals surface area contributed by atoms with E-state index in [2.05, 4.69) is 9.97 Å². The molecular formula is C10H7ClFN3O. The number of hydrogen-bond acceptors (Lipinski definition) is 4. The van der Waals surface area contributed by atoms with Crippen LogP contribution in [-0.2, 0) is 0 Å². The monoisotopic (exact) mass is 239 g/mol. The van der Waals surface area contributed by atoms with E-state index in [4.69, 9.17) is 22.1 Å². The van der Waals surface area contributed by atoms with Crippen molar-refractivity contribution in [1.29, 1.82) is 0 Å². The van der Waals surface area contributed by atoms with Crippen LogP contribution in [0, 0.1) is 5.82 Å². The Hall–Kier alpha value is -1.88. The number of benzene rings is 1. The van der Waals surface area contributed by atoms with Gasteiger partial charge in [0.15, 0.2) is 0 Å². The molecule has 1 aromatic carbocycles. The third kappa shape index (κ3) is 2.38. The third-order valence-corrected chi connectivity index (χ3v) is 2.01. The smallest absolute Gasteiger partial charge is 0.260 e. The molecule has 2 aromatic rings. The predicted octanol–water partition coefficient (Wildman–Crippen LogP) is 2.64. The van der Waals surface area contributed by atoms with Crippen LogP contribution in [0.25, 0.3) is 0 Å². The van der Waals surface area contributed by atoms with Gasteiger partial charge in [-0.3, -0.25) is 0 Å². The molecule has 6 heteroatoms. The lowest BCUT2D eigenvalue weighted by Gasteiger charge is -2.05. The number of nitrogen functional groups attached to an aromatic ring is 1. The van der Waals surface area contributed by atoms with Crippen LogP contribution in [0.2, 0.25) is 5.02 Å². The van der Waals surface area contributed by atoms with E-state index in [1.807, 2.05) is 0 Å². The summed E-state index contributed by atoms with van der Waals surface area (Å²) in [7, 11) is 0. The Morgan fingerprint density at radius 1 is 1.25 bits per heavy atom. The van der Waals surface area contributed by atoms with E-state index in [1.165, 1.54) is 0 Å². The highest BCUT2D eigenvalue weighted by Gasteiger charge is 2.07. The maximum absolute atomic E-state index is 13.2. The summed E-state index contributed by atoms with van der Waals surface area (Å²) in [6.07, 6.45) is 0.952. The summed E-state index contributed by atoms with van der Waals surface area (Å²) < 4.78 is 18.4. The van der Waals surface area contributed by atoms with Gasteiger partial charge in [-0.05, 0) is 24.3 Å². The molecule has 0 aliphatic carbocycles. The summed E-state index contributed by atoms with van der Waals surface area (Å²) in [5.41, 5.74) is 5.32. The molecule has 0 aliphatic rings. The van der Waals surface area contributed by atoms with Crippen LogP contribution in [0.15, 0.2) is 30.5 Å². The van der Waals surface area contributed by atoms with Crippen LogP contribution in [0.4, 0.5) is 10.3 Å². The Labute approximate surface area is 95.9 Å². The van der Waals surface area contributed by atoms with Gasteiger partial charge in [-0.25, -0.2) is 4.98 Å². The fraction of sp³-hybridized carbons (Fsp3) is 0. The predicted molar refractivity (Wildman–Crippen MR) is 57.9 cm³/mol. The average Bonchev–Trinajstić information content (AvgIpc) is 2.27. The largest absolute Gasteiger partial charge is 0.436 e. The molecular weight excluding hydrogens is 233 g/mol. The summed E-state index contributed by atoms with van der Waals surface area (Å²) in [6.45, 7) is 0. The molecule has 1 aromatic heterocycles. The minimum absolute atomic E-state index is 0.0506. The fourth-order valence-electron chi connectivity index (χ4n) is 1.05. The lowest BCUT2D eigenvalue weighted by molar-refractivity contribution is 0.421. The highest BCUT2D eigenvalue weighted by atomic mass is 35.5. The van der Waals surface area contributed by atoms with Gasteiger partial charge in [0, 0.05) is 5.02 Å². The van der Waals surface area contributed by atoms with E-state index >= 15 is 0 Å². The lowest BCUT2D eigenvalue weighted by Crippen LogP contribution is -1.99. The molecule has 1 heterocycles. The third-order valence-electron chi connectivity index (χ3n) is 1.76. The van der Waals surface area contributed by atoms with Crippen molar-refractivity contribution >= 4 is 17.5 Å². The summed E-state index contributed by atoms with van der Waals surface area (Å²) in [6, 6.07) is 6.44. The first-order chi connectivity index (χ1) is 7.65. The van der Waals surface area contributed by atoms with Crippen molar-refractivity contribution in [3.05, 3.63) is 41.3 Å². The zero-order valence-corrected chi connectivity index (χ0v) is 8.78. The second-order valence-corrected chi connectivity index (χ2v) is 3.37. The number of hydrogen-bond donors (Lipinski definition) is 1. The number of ether oxygens (including phenoxy) is 1. The van der Waals surface area contributed by atoms with Crippen LogP contribution < -0.4 is 10.5 Å². The van der Waals surface area contributed by atoms with Gasteiger partial charge in [0.05, 0.1) is 6.20 Å². The number of anilines is 1. The molecule has 0 amide bonds. The molecule has 0 radical (unpaired) electrons. The maximum Gasteiger partial charge on any atom is 0.260 e. The van der Waals surface area contributed by atoms with Gasteiger partial charge in [0.2, 0.25) is 11.8 Å². The Bertz CT molecular complexity index is 504. The van der Waals surface area contributed by atoms with E-state index in [-0.39, 0.29) is 11.8 Å².